The number of rotatable bonds is 6. The summed E-state index contributed by atoms with van der Waals surface area (Å²) in [6.45, 7) is -1.02. The second kappa shape index (κ2) is 8.81. The largest absolute Gasteiger partial charge is 0.394 e. The molecule has 4 aliphatic rings. The minimum Gasteiger partial charge on any atom is -0.394 e. The summed E-state index contributed by atoms with van der Waals surface area (Å²) >= 11 is 0. The Kier molecular flexibility index (Phi) is 6.07. The number of nitrogens with one attached hydrogen (secondary N) is 1. The van der Waals surface area contributed by atoms with Crippen molar-refractivity contribution in [2.45, 2.75) is 55.1 Å². The highest BCUT2D eigenvalue weighted by atomic mass is 16.6. The van der Waals surface area contributed by atoms with Crippen LogP contribution in [0.25, 0.3) is 0 Å². The van der Waals surface area contributed by atoms with E-state index in [1.165, 1.54) is 12.7 Å². The van der Waals surface area contributed by atoms with E-state index in [0.29, 0.717) is 5.56 Å². The normalized spacial score (nSPS) is 42.4. The van der Waals surface area contributed by atoms with Gasteiger partial charge in [0, 0.05) is 5.56 Å². The molecule has 2 unspecified atom stereocenters. The second-order valence-electron chi connectivity index (χ2n) is 8.98. The molecule has 35 heavy (non-hydrogen) atoms. The molecule has 0 radical (unpaired) electrons. The number of nitrogens with two attached hydrogens (primary N) is 1. The van der Waals surface area contributed by atoms with Crippen molar-refractivity contribution in [1.82, 2.24) is 5.32 Å². The molecule has 1 aromatic carbocycles. The number of ether oxygens (including phenoxy) is 2. The van der Waals surface area contributed by atoms with Crippen LogP contribution in [0.4, 0.5) is 0 Å². The lowest BCUT2D eigenvalue weighted by Gasteiger charge is -2.42. The summed E-state index contributed by atoms with van der Waals surface area (Å²) in [5, 5.41) is 54.1. The monoisotopic (exact) mass is 490 g/mol. The number of nitrogens with zero attached hydrogens (tertiary/aromatic N) is 3. The molecule has 0 bridgehead atoms. The van der Waals surface area contributed by atoms with Crippen molar-refractivity contribution in [3.8, 4) is 0 Å². The van der Waals surface area contributed by atoms with Crippen LogP contribution in [0, 0.1) is 0 Å². The van der Waals surface area contributed by atoms with Crippen molar-refractivity contribution < 1.29 is 44.3 Å². The molecule has 188 valence electrons. The Bertz CT molecular complexity index is 1080. The smallest absolute Gasteiger partial charge is 0.243 e. The second-order valence-corrected chi connectivity index (χ2v) is 8.98. The van der Waals surface area contributed by atoms with Crippen LogP contribution in [0.2, 0.25) is 0 Å². The molecule has 0 amide bonds. The fraction of sp³-hybridized carbons (Fsp3) is 0.500. The van der Waals surface area contributed by atoms with Crippen molar-refractivity contribution in [2.75, 3.05) is 13.2 Å². The zero-order valence-electron chi connectivity index (χ0n) is 18.6. The predicted octanol–water partition coefficient (Wildman–Crippen LogP) is -2.91. The van der Waals surface area contributed by atoms with Crippen molar-refractivity contribution in [3.63, 3.8) is 0 Å². The lowest BCUT2D eigenvalue weighted by atomic mass is 9.94. The number of ketones is 1. The standard InChI is InChI=1S/C22H28N5O8/c23-22(19(33)11-4-2-1-3-5-11)18-20(24-9-26-22)27(10-25-18,15-6-12(30)13(7-28)34-15)21-17(32)16(31)14(8-29)35-21/h1-5,9-10,12-17,21,28-32H,6-8,23H2,(H,24,26)/q+1/t12-,13+,14+,15-,16+,17+,21+,22?,27?/m0/s1. The van der Waals surface area contributed by atoms with E-state index in [9.17, 15) is 30.3 Å². The van der Waals surface area contributed by atoms with Gasteiger partial charge in [0.25, 0.3) is 0 Å². The maximum absolute atomic E-state index is 13.4. The van der Waals surface area contributed by atoms with Crippen LogP contribution < -0.4 is 11.1 Å². The van der Waals surface area contributed by atoms with E-state index in [1.807, 2.05) is 0 Å². The molecule has 8 N–H and O–H groups in total. The minimum atomic E-state index is -1.93. The SMILES string of the molecule is NC1(C(=O)c2ccccc2)N=CNC2=C1N=C[N+]2([C@@H]1C[C@H](O)[C@@H](CO)O1)[C@@H]1O[C@H](CO)[C@@H](O)[C@H]1O. The van der Waals surface area contributed by atoms with Crippen LogP contribution in [-0.2, 0) is 9.47 Å². The third-order valence-electron chi connectivity index (χ3n) is 7.00. The number of aliphatic hydroxyl groups excluding tert-OH is 5. The Morgan fingerprint density at radius 3 is 2.46 bits per heavy atom. The van der Waals surface area contributed by atoms with E-state index in [1.54, 1.807) is 30.3 Å². The van der Waals surface area contributed by atoms with Gasteiger partial charge in [0.15, 0.2) is 11.8 Å². The number of hydrogen-bond donors (Lipinski definition) is 7. The summed E-state index contributed by atoms with van der Waals surface area (Å²) in [7, 11) is 0. The summed E-state index contributed by atoms with van der Waals surface area (Å²) < 4.78 is 11.3. The van der Waals surface area contributed by atoms with Crippen molar-refractivity contribution in [3.05, 3.63) is 47.4 Å². The molecule has 1 aromatic rings. The van der Waals surface area contributed by atoms with Gasteiger partial charge in [-0.05, 0) is 0 Å². The molecular weight excluding hydrogens is 462 g/mol. The maximum Gasteiger partial charge on any atom is 0.243 e. The number of aliphatic imine (C=N–C) groups is 2. The maximum atomic E-state index is 13.4. The third kappa shape index (κ3) is 3.48. The Labute approximate surface area is 200 Å². The van der Waals surface area contributed by atoms with E-state index >= 15 is 0 Å². The van der Waals surface area contributed by atoms with Crippen LogP contribution in [-0.4, -0.2) is 110 Å². The zero-order chi connectivity index (χ0) is 25.0. The molecule has 9 atom stereocenters. The van der Waals surface area contributed by atoms with Gasteiger partial charge in [-0.15, -0.1) is 0 Å². The van der Waals surface area contributed by atoms with Gasteiger partial charge >= 0.3 is 0 Å². The van der Waals surface area contributed by atoms with Gasteiger partial charge in [0.05, 0.1) is 32.1 Å². The molecule has 0 spiro atoms. The van der Waals surface area contributed by atoms with Gasteiger partial charge in [-0.2, -0.15) is 9.48 Å². The quantitative estimate of drug-likeness (QED) is 0.160. The summed E-state index contributed by atoms with van der Waals surface area (Å²) in [6, 6.07) is 8.34. The number of carbonyl (C=O) groups excluding carboxylic acids is 1. The minimum absolute atomic E-state index is 0.00349. The predicted molar refractivity (Wildman–Crippen MR) is 119 cm³/mol. The first-order chi connectivity index (χ1) is 16.8. The topological polar surface area (TPSA) is 199 Å². The fourth-order valence-electron chi connectivity index (χ4n) is 5.10. The molecular formula is C22H28N5O8+. The molecule has 2 fully saturated rings. The number of quaternary nitrogens is 1. The zero-order valence-corrected chi connectivity index (χ0v) is 18.6. The molecule has 0 aliphatic carbocycles. The summed E-state index contributed by atoms with van der Waals surface area (Å²) in [5.74, 6) is -0.334. The Balaban J connectivity index is 1.63. The number of aliphatic hydroxyl groups is 5. The average molecular weight is 490 g/mol. The summed E-state index contributed by atoms with van der Waals surface area (Å²) in [5.41, 5.74) is 4.96. The van der Waals surface area contributed by atoms with Crippen LogP contribution >= 0.6 is 0 Å². The first-order valence-corrected chi connectivity index (χ1v) is 11.2. The lowest BCUT2D eigenvalue weighted by molar-refractivity contribution is -0.899. The molecule has 13 nitrogen and oxygen atoms in total. The van der Waals surface area contributed by atoms with Gasteiger partial charge in [-0.3, -0.25) is 15.8 Å². The van der Waals surface area contributed by atoms with Gasteiger partial charge < -0.3 is 35.0 Å². The average Bonchev–Trinajstić information content (AvgIpc) is 3.54. The molecule has 2 saturated heterocycles. The van der Waals surface area contributed by atoms with Gasteiger partial charge in [-0.25, -0.2) is 4.99 Å². The molecule has 13 heteroatoms. The molecule has 5 rings (SSSR count). The first-order valence-electron chi connectivity index (χ1n) is 11.2. The summed E-state index contributed by atoms with van der Waals surface area (Å²) in [6.07, 6.45) is -5.63. The van der Waals surface area contributed by atoms with Crippen LogP contribution in [0.5, 0.6) is 0 Å². The number of Topliss-reactive ketones (excluding diaryl/α,β-unsaturated/α-hetero) is 1. The summed E-state index contributed by atoms with van der Waals surface area (Å²) in [4.78, 5) is 22.1. The van der Waals surface area contributed by atoms with Gasteiger partial charge in [-0.1, -0.05) is 30.3 Å². The first kappa shape index (κ1) is 24.1. The molecule has 0 saturated carbocycles. The highest BCUT2D eigenvalue weighted by Crippen LogP contribution is 2.45. The lowest BCUT2D eigenvalue weighted by Crippen LogP contribution is -2.66. The highest BCUT2D eigenvalue weighted by molar-refractivity contribution is 6.06. The van der Waals surface area contributed by atoms with E-state index < -0.39 is 72.1 Å². The number of benzene rings is 1. The Hall–Kier alpha value is -2.59. The Morgan fingerprint density at radius 2 is 1.83 bits per heavy atom. The van der Waals surface area contributed by atoms with Gasteiger partial charge in [0.1, 0.15) is 18.3 Å². The van der Waals surface area contributed by atoms with E-state index in [2.05, 4.69) is 15.3 Å². The Morgan fingerprint density at radius 1 is 1.11 bits per heavy atom. The fourth-order valence-corrected chi connectivity index (χ4v) is 5.10. The van der Waals surface area contributed by atoms with Gasteiger partial charge in [0.2, 0.25) is 36.1 Å². The number of hydrogen-bond acceptors (Lipinski definition) is 12. The van der Waals surface area contributed by atoms with Crippen molar-refractivity contribution >= 4 is 18.5 Å². The van der Waals surface area contributed by atoms with E-state index in [4.69, 9.17) is 15.2 Å². The van der Waals surface area contributed by atoms with E-state index in [0.717, 1.165) is 0 Å². The van der Waals surface area contributed by atoms with Crippen molar-refractivity contribution in [2.24, 2.45) is 15.7 Å². The molecule has 4 heterocycles. The van der Waals surface area contributed by atoms with Crippen LogP contribution in [0.3, 0.4) is 0 Å². The molecule has 4 aliphatic heterocycles. The molecule has 0 aromatic heterocycles. The van der Waals surface area contributed by atoms with E-state index in [-0.39, 0.29) is 17.9 Å². The van der Waals surface area contributed by atoms with Crippen molar-refractivity contribution in [1.29, 1.82) is 0 Å². The number of carbonyl (C=O) groups is 1. The van der Waals surface area contributed by atoms with Crippen LogP contribution in [0.1, 0.15) is 16.8 Å². The van der Waals surface area contributed by atoms with Crippen LogP contribution in [0.15, 0.2) is 51.8 Å². The third-order valence-corrected chi connectivity index (χ3v) is 7.00. The highest BCUT2D eigenvalue weighted by Gasteiger charge is 2.65.